The fourth-order valence-electron chi connectivity index (χ4n) is 2.55. The topological polar surface area (TPSA) is 40.0 Å². The molecule has 0 aliphatic carbocycles. The molecule has 126 valence electrons. The number of benzene rings is 1. The van der Waals surface area contributed by atoms with Crippen LogP contribution in [0.2, 0.25) is 0 Å². The Morgan fingerprint density at radius 1 is 1.30 bits per heavy atom. The van der Waals surface area contributed by atoms with Crippen molar-refractivity contribution in [1.82, 2.24) is 9.80 Å². The average Bonchev–Trinajstić information content (AvgIpc) is 2.51. The summed E-state index contributed by atoms with van der Waals surface area (Å²) in [6, 6.07) is 6.14. The number of likely N-dealkylation sites (N-methyl/N-ethyl adjacent to an activating group) is 2. The molecular formula is C17H27N4OS+. The molecule has 0 saturated carbocycles. The van der Waals surface area contributed by atoms with Gasteiger partial charge in [0.1, 0.15) is 0 Å². The minimum Gasteiger partial charge on any atom is -0.343 e. The number of thiocarbonyl (C=S) groups is 1. The van der Waals surface area contributed by atoms with E-state index in [0.29, 0.717) is 11.7 Å². The van der Waals surface area contributed by atoms with Crippen LogP contribution in [0.4, 0.5) is 5.69 Å². The van der Waals surface area contributed by atoms with Gasteiger partial charge >= 0.3 is 0 Å². The summed E-state index contributed by atoms with van der Waals surface area (Å²) in [5.41, 5.74) is 3.43. The lowest BCUT2D eigenvalue weighted by Crippen LogP contribution is -3.12. The summed E-state index contributed by atoms with van der Waals surface area (Å²) in [6.45, 7) is 8.16. The van der Waals surface area contributed by atoms with Gasteiger partial charge in [0.05, 0.1) is 39.8 Å². The molecule has 23 heavy (non-hydrogen) atoms. The van der Waals surface area contributed by atoms with Crippen molar-refractivity contribution in [1.29, 1.82) is 0 Å². The number of nitrogens with zero attached hydrogens (tertiary/aromatic N) is 2. The monoisotopic (exact) mass is 335 g/mol. The summed E-state index contributed by atoms with van der Waals surface area (Å²) in [7, 11) is 4.02. The highest BCUT2D eigenvalue weighted by Gasteiger charge is 2.22. The number of amides is 1. The number of anilines is 1. The molecule has 6 heteroatoms. The molecule has 0 spiro atoms. The summed E-state index contributed by atoms with van der Waals surface area (Å²) in [5, 5.41) is 3.78. The number of aryl methyl sites for hydroxylation is 2. The second-order valence-corrected chi connectivity index (χ2v) is 6.81. The van der Waals surface area contributed by atoms with Gasteiger partial charge in [-0.3, -0.25) is 4.79 Å². The van der Waals surface area contributed by atoms with Gasteiger partial charge in [-0.1, -0.05) is 6.07 Å². The molecule has 0 radical (unpaired) electrons. The molecule has 0 bridgehead atoms. The summed E-state index contributed by atoms with van der Waals surface area (Å²) >= 11 is 5.41. The van der Waals surface area contributed by atoms with Crippen LogP contribution in [0.5, 0.6) is 0 Å². The number of hydrogen-bond donors (Lipinski definition) is 2. The third kappa shape index (κ3) is 4.91. The zero-order valence-corrected chi connectivity index (χ0v) is 15.3. The molecule has 2 N–H and O–H groups in total. The van der Waals surface area contributed by atoms with Crippen molar-refractivity contribution in [2.45, 2.75) is 13.8 Å². The van der Waals surface area contributed by atoms with Gasteiger partial charge in [0, 0.05) is 12.7 Å². The SMILES string of the molecule is Cc1ccc(NC(=S)N(C)CC(=O)N2CC[NH+](C)CC2)cc1C. The van der Waals surface area contributed by atoms with E-state index >= 15 is 0 Å². The Balaban J connectivity index is 1.86. The standard InChI is InChI=1S/C17H26N4OS/c1-13-5-6-15(11-14(13)2)18-17(23)20(4)12-16(22)21-9-7-19(3)8-10-21/h5-6,11H,7-10,12H2,1-4H3,(H,18,23)/p+1. The van der Waals surface area contributed by atoms with E-state index in [1.165, 1.54) is 16.0 Å². The lowest BCUT2D eigenvalue weighted by molar-refractivity contribution is -0.883. The summed E-state index contributed by atoms with van der Waals surface area (Å²) < 4.78 is 0. The molecule has 1 saturated heterocycles. The van der Waals surface area contributed by atoms with Crippen molar-refractivity contribution in [3.63, 3.8) is 0 Å². The first-order valence-corrected chi connectivity index (χ1v) is 8.46. The maximum atomic E-state index is 12.4. The first kappa shape index (κ1) is 17.7. The van der Waals surface area contributed by atoms with Crippen LogP contribution in [0.1, 0.15) is 11.1 Å². The van der Waals surface area contributed by atoms with E-state index in [4.69, 9.17) is 12.2 Å². The van der Waals surface area contributed by atoms with Crippen LogP contribution >= 0.6 is 12.2 Å². The molecule has 1 aromatic carbocycles. The maximum absolute atomic E-state index is 12.4. The Kier molecular flexibility index (Phi) is 5.96. The average molecular weight is 335 g/mol. The van der Waals surface area contributed by atoms with Crippen molar-refractivity contribution in [3.05, 3.63) is 29.3 Å². The van der Waals surface area contributed by atoms with Crippen molar-refractivity contribution >= 4 is 28.9 Å². The van der Waals surface area contributed by atoms with E-state index in [1.54, 1.807) is 4.90 Å². The van der Waals surface area contributed by atoms with E-state index in [9.17, 15) is 4.79 Å². The normalized spacial score (nSPS) is 15.4. The number of hydrogen-bond acceptors (Lipinski definition) is 2. The highest BCUT2D eigenvalue weighted by Crippen LogP contribution is 2.14. The molecule has 1 aliphatic heterocycles. The Labute approximate surface area is 144 Å². The Hall–Kier alpha value is -1.66. The van der Waals surface area contributed by atoms with Gasteiger partial charge in [0.2, 0.25) is 5.91 Å². The number of carbonyl (C=O) groups is 1. The molecule has 1 fully saturated rings. The number of carbonyl (C=O) groups excluding carboxylic acids is 1. The van der Waals surface area contributed by atoms with E-state index in [2.05, 4.69) is 38.3 Å². The van der Waals surface area contributed by atoms with E-state index in [1.807, 2.05) is 18.0 Å². The summed E-state index contributed by atoms with van der Waals surface area (Å²) in [5.74, 6) is 0.143. The van der Waals surface area contributed by atoms with Gasteiger partial charge in [-0.25, -0.2) is 0 Å². The lowest BCUT2D eigenvalue weighted by Gasteiger charge is -2.31. The van der Waals surface area contributed by atoms with Crippen LogP contribution in [0, 0.1) is 13.8 Å². The van der Waals surface area contributed by atoms with Crippen LogP contribution in [0.15, 0.2) is 18.2 Å². The Morgan fingerprint density at radius 2 is 1.96 bits per heavy atom. The first-order chi connectivity index (χ1) is 10.9. The molecule has 1 amide bonds. The number of nitrogens with one attached hydrogen (secondary N) is 2. The molecule has 0 unspecified atom stereocenters. The molecule has 2 rings (SSSR count). The van der Waals surface area contributed by atoms with Crippen LogP contribution < -0.4 is 10.2 Å². The van der Waals surface area contributed by atoms with Gasteiger partial charge < -0.3 is 20.0 Å². The van der Waals surface area contributed by atoms with E-state index in [0.717, 1.165) is 31.9 Å². The molecular weight excluding hydrogens is 308 g/mol. The Bertz CT molecular complexity index is 582. The molecule has 0 atom stereocenters. The third-order valence-corrected chi connectivity index (χ3v) is 4.86. The zero-order chi connectivity index (χ0) is 17.0. The van der Waals surface area contributed by atoms with Gasteiger partial charge in [-0.15, -0.1) is 0 Å². The fraction of sp³-hybridized carbons (Fsp3) is 0.529. The predicted octanol–water partition coefficient (Wildman–Crippen LogP) is 0.289. The number of quaternary nitrogens is 1. The molecule has 5 nitrogen and oxygen atoms in total. The second-order valence-electron chi connectivity index (χ2n) is 6.42. The predicted molar refractivity (Wildman–Crippen MR) is 98.0 cm³/mol. The van der Waals surface area contributed by atoms with Gasteiger partial charge in [-0.05, 0) is 49.3 Å². The van der Waals surface area contributed by atoms with Crippen molar-refractivity contribution in [2.75, 3.05) is 52.1 Å². The highest BCUT2D eigenvalue weighted by atomic mass is 32.1. The number of rotatable bonds is 3. The first-order valence-electron chi connectivity index (χ1n) is 8.05. The molecule has 0 aromatic heterocycles. The van der Waals surface area contributed by atoms with Crippen molar-refractivity contribution < 1.29 is 9.69 Å². The summed E-state index contributed by atoms with van der Waals surface area (Å²) in [6.07, 6.45) is 0. The van der Waals surface area contributed by atoms with Crippen LogP contribution in [-0.4, -0.2) is 67.6 Å². The Morgan fingerprint density at radius 3 is 2.57 bits per heavy atom. The largest absolute Gasteiger partial charge is 0.343 e. The van der Waals surface area contributed by atoms with Gasteiger partial charge in [-0.2, -0.15) is 0 Å². The second kappa shape index (κ2) is 7.75. The van der Waals surface area contributed by atoms with Crippen LogP contribution in [0.25, 0.3) is 0 Å². The van der Waals surface area contributed by atoms with Crippen LogP contribution in [0.3, 0.4) is 0 Å². The fourth-order valence-corrected chi connectivity index (χ4v) is 2.73. The van der Waals surface area contributed by atoms with E-state index < -0.39 is 0 Å². The minimum absolute atomic E-state index is 0.143. The minimum atomic E-state index is 0.143. The third-order valence-electron chi connectivity index (χ3n) is 4.45. The zero-order valence-electron chi connectivity index (χ0n) is 14.5. The maximum Gasteiger partial charge on any atom is 0.242 e. The molecule has 1 aromatic rings. The van der Waals surface area contributed by atoms with Gasteiger partial charge in [0.25, 0.3) is 0 Å². The van der Waals surface area contributed by atoms with Crippen molar-refractivity contribution in [3.8, 4) is 0 Å². The number of piperazine rings is 1. The smallest absolute Gasteiger partial charge is 0.242 e. The van der Waals surface area contributed by atoms with Crippen molar-refractivity contribution in [2.24, 2.45) is 0 Å². The van der Waals surface area contributed by atoms with Gasteiger partial charge in [0.15, 0.2) is 5.11 Å². The highest BCUT2D eigenvalue weighted by molar-refractivity contribution is 7.80. The quantitative estimate of drug-likeness (QED) is 0.779. The molecule has 1 heterocycles. The van der Waals surface area contributed by atoms with Crippen LogP contribution in [-0.2, 0) is 4.79 Å². The molecule has 1 aliphatic rings. The lowest BCUT2D eigenvalue weighted by atomic mass is 10.1. The summed E-state index contributed by atoms with van der Waals surface area (Å²) in [4.78, 5) is 17.6. The van der Waals surface area contributed by atoms with E-state index in [-0.39, 0.29) is 5.91 Å².